The molecule has 2 aromatic heterocycles. The molecular formula is C14H17N3O6. The summed E-state index contributed by atoms with van der Waals surface area (Å²) in [6, 6.07) is 6.81. The van der Waals surface area contributed by atoms with Crippen LogP contribution in [0.3, 0.4) is 0 Å². The van der Waals surface area contributed by atoms with Gasteiger partial charge in [-0.2, -0.15) is 0 Å². The molecule has 1 saturated heterocycles. The first-order chi connectivity index (χ1) is 11.0. The third-order valence-electron chi connectivity index (χ3n) is 3.21. The minimum Gasteiger partial charge on any atom is -0.394 e. The number of ether oxygens (including phenoxy) is 1. The Hall–Kier alpha value is -2.33. The summed E-state index contributed by atoms with van der Waals surface area (Å²) in [4.78, 5) is 28.1. The fourth-order valence-corrected chi connectivity index (χ4v) is 2.05. The molecule has 9 nitrogen and oxygen atoms in total. The summed E-state index contributed by atoms with van der Waals surface area (Å²) in [5, 5.41) is 28.1. The Morgan fingerprint density at radius 3 is 2.30 bits per heavy atom. The van der Waals surface area contributed by atoms with Gasteiger partial charge in [0, 0.05) is 24.7 Å². The summed E-state index contributed by atoms with van der Waals surface area (Å²) in [5.74, 6) is 0. The van der Waals surface area contributed by atoms with Gasteiger partial charge in [-0.3, -0.25) is 19.3 Å². The monoisotopic (exact) mass is 323 g/mol. The van der Waals surface area contributed by atoms with Gasteiger partial charge in [-0.1, -0.05) is 6.07 Å². The van der Waals surface area contributed by atoms with Gasteiger partial charge in [0.25, 0.3) is 5.56 Å². The topological polar surface area (TPSA) is 138 Å². The van der Waals surface area contributed by atoms with Crippen molar-refractivity contribution < 1.29 is 20.1 Å². The Labute approximate surface area is 130 Å². The van der Waals surface area contributed by atoms with Crippen LogP contribution in [0.5, 0.6) is 0 Å². The molecule has 23 heavy (non-hydrogen) atoms. The molecule has 9 heteroatoms. The maximum absolute atomic E-state index is 11.4. The Bertz CT molecular complexity index is 689. The minimum absolute atomic E-state index is 0.479. The summed E-state index contributed by atoms with van der Waals surface area (Å²) in [7, 11) is 0. The molecule has 1 aliphatic rings. The zero-order valence-corrected chi connectivity index (χ0v) is 12.0. The van der Waals surface area contributed by atoms with Crippen molar-refractivity contribution in [2.75, 3.05) is 6.61 Å². The molecule has 1 fully saturated rings. The van der Waals surface area contributed by atoms with E-state index in [-0.39, 0.29) is 0 Å². The van der Waals surface area contributed by atoms with Crippen molar-refractivity contribution in [1.29, 1.82) is 0 Å². The van der Waals surface area contributed by atoms with Gasteiger partial charge < -0.3 is 20.1 Å². The zero-order valence-electron chi connectivity index (χ0n) is 12.0. The highest BCUT2D eigenvalue weighted by Gasteiger charge is 2.43. The van der Waals surface area contributed by atoms with E-state index in [9.17, 15) is 19.8 Å². The van der Waals surface area contributed by atoms with Gasteiger partial charge in [-0.15, -0.1) is 0 Å². The van der Waals surface area contributed by atoms with E-state index in [4.69, 9.17) is 9.84 Å². The summed E-state index contributed by atoms with van der Waals surface area (Å²) >= 11 is 0. The third-order valence-corrected chi connectivity index (χ3v) is 3.21. The molecule has 3 heterocycles. The van der Waals surface area contributed by atoms with Crippen LogP contribution in [0.1, 0.15) is 6.23 Å². The number of hydrogen-bond acceptors (Lipinski definition) is 7. The van der Waals surface area contributed by atoms with Crippen LogP contribution < -0.4 is 11.2 Å². The van der Waals surface area contributed by atoms with E-state index < -0.39 is 42.4 Å². The average molecular weight is 323 g/mol. The molecule has 2 aromatic rings. The summed E-state index contributed by atoms with van der Waals surface area (Å²) < 4.78 is 6.08. The first-order valence-electron chi connectivity index (χ1n) is 6.83. The molecule has 4 N–H and O–H groups in total. The highest BCUT2D eigenvalue weighted by Crippen LogP contribution is 2.27. The van der Waals surface area contributed by atoms with Gasteiger partial charge in [0.15, 0.2) is 6.23 Å². The molecule has 0 radical (unpaired) electrons. The van der Waals surface area contributed by atoms with Crippen LogP contribution >= 0.6 is 0 Å². The highest BCUT2D eigenvalue weighted by molar-refractivity contribution is 4.93. The van der Waals surface area contributed by atoms with Crippen LogP contribution in [0.2, 0.25) is 0 Å². The summed E-state index contributed by atoms with van der Waals surface area (Å²) in [6.07, 6.45) is -0.0819. The normalized spacial score (nSPS) is 26.4. The number of pyridine rings is 1. The predicted octanol–water partition coefficient (Wildman–Crippen LogP) is -1.77. The van der Waals surface area contributed by atoms with Crippen molar-refractivity contribution in [1.82, 2.24) is 14.5 Å². The second kappa shape index (κ2) is 7.79. The average Bonchev–Trinajstić information content (AvgIpc) is 2.85. The van der Waals surface area contributed by atoms with E-state index in [0.717, 1.165) is 16.8 Å². The second-order valence-corrected chi connectivity index (χ2v) is 4.77. The molecule has 0 amide bonds. The molecule has 124 valence electrons. The molecule has 4 atom stereocenters. The van der Waals surface area contributed by atoms with E-state index >= 15 is 0 Å². The molecule has 3 rings (SSSR count). The van der Waals surface area contributed by atoms with Crippen molar-refractivity contribution in [3.05, 3.63) is 63.7 Å². The third kappa shape index (κ3) is 4.11. The molecule has 0 bridgehead atoms. The molecule has 0 unspecified atom stereocenters. The maximum Gasteiger partial charge on any atom is 0.330 e. The summed E-state index contributed by atoms with van der Waals surface area (Å²) in [5.41, 5.74) is -1.33. The first kappa shape index (κ1) is 17.0. The quantitative estimate of drug-likeness (QED) is 0.513. The number of aliphatic hydroxyl groups excluding tert-OH is 3. The van der Waals surface area contributed by atoms with Gasteiger partial charge in [0.2, 0.25) is 0 Å². The lowest BCUT2D eigenvalue weighted by Crippen LogP contribution is -2.37. The van der Waals surface area contributed by atoms with Gasteiger partial charge in [-0.05, 0) is 12.1 Å². The number of H-pyrrole nitrogens is 1. The molecular weight excluding hydrogens is 306 g/mol. The molecule has 1 aliphatic heterocycles. The predicted molar refractivity (Wildman–Crippen MR) is 78.6 cm³/mol. The summed E-state index contributed by atoms with van der Waals surface area (Å²) in [6.45, 7) is -0.479. The zero-order chi connectivity index (χ0) is 16.8. The number of nitrogens with zero attached hydrogens (tertiary/aromatic N) is 2. The molecule has 0 spiro atoms. The first-order valence-corrected chi connectivity index (χ1v) is 6.83. The van der Waals surface area contributed by atoms with E-state index in [0.29, 0.717) is 0 Å². The number of aromatic nitrogens is 3. The smallest absolute Gasteiger partial charge is 0.330 e. The van der Waals surface area contributed by atoms with Crippen molar-refractivity contribution in [2.45, 2.75) is 24.5 Å². The number of nitrogens with one attached hydrogen (secondary N) is 1. The van der Waals surface area contributed by atoms with Crippen LogP contribution in [0.4, 0.5) is 0 Å². The van der Waals surface area contributed by atoms with E-state index in [1.165, 1.54) is 0 Å². The SMILES string of the molecule is O=c1ccn([C@@H]2O[C@H](CO)[C@@H](O)[C@H]2O)c(=O)[nH]1.c1ccncc1. The Morgan fingerprint density at radius 2 is 1.87 bits per heavy atom. The highest BCUT2D eigenvalue weighted by atomic mass is 16.6. The maximum atomic E-state index is 11.4. The lowest BCUT2D eigenvalue weighted by Gasteiger charge is -2.16. The van der Waals surface area contributed by atoms with Gasteiger partial charge in [0.05, 0.1) is 6.61 Å². The van der Waals surface area contributed by atoms with Gasteiger partial charge in [-0.25, -0.2) is 4.79 Å². The number of aliphatic hydroxyl groups is 3. The van der Waals surface area contributed by atoms with Crippen molar-refractivity contribution in [2.24, 2.45) is 0 Å². The fourth-order valence-electron chi connectivity index (χ4n) is 2.05. The standard InChI is InChI=1S/C9H12N2O6.C5H5N/c12-3-4-6(14)7(15)8(17-4)11-2-1-5(13)10-9(11)16;1-2-4-6-5-3-1/h1-2,4,6-8,12,14-15H,3H2,(H,10,13,16);1-5H/t4-,6-,7-,8-;/m1./s1. The Balaban J connectivity index is 0.000000268. The van der Waals surface area contributed by atoms with Crippen molar-refractivity contribution >= 4 is 0 Å². The fraction of sp³-hybridized carbons (Fsp3) is 0.357. The van der Waals surface area contributed by atoms with Gasteiger partial charge >= 0.3 is 5.69 Å². The van der Waals surface area contributed by atoms with Crippen LogP contribution in [0.15, 0.2) is 52.4 Å². The number of hydrogen-bond donors (Lipinski definition) is 4. The van der Waals surface area contributed by atoms with Crippen molar-refractivity contribution in [3.63, 3.8) is 0 Å². The molecule has 0 aliphatic carbocycles. The second-order valence-electron chi connectivity index (χ2n) is 4.77. The Kier molecular flexibility index (Phi) is 5.77. The number of aromatic amines is 1. The minimum atomic E-state index is -1.35. The van der Waals surface area contributed by atoms with Crippen LogP contribution in [-0.2, 0) is 4.74 Å². The van der Waals surface area contributed by atoms with Gasteiger partial charge in [0.1, 0.15) is 18.3 Å². The number of rotatable bonds is 2. The van der Waals surface area contributed by atoms with E-state index in [1.807, 2.05) is 23.2 Å². The van der Waals surface area contributed by atoms with E-state index in [2.05, 4.69) is 4.98 Å². The van der Waals surface area contributed by atoms with E-state index in [1.54, 1.807) is 12.4 Å². The van der Waals surface area contributed by atoms with Crippen molar-refractivity contribution in [3.8, 4) is 0 Å². The Morgan fingerprint density at radius 1 is 1.17 bits per heavy atom. The van der Waals surface area contributed by atoms with Crippen LogP contribution in [-0.4, -0.2) is 54.8 Å². The molecule has 0 saturated carbocycles. The van der Waals surface area contributed by atoms with Crippen LogP contribution in [0, 0.1) is 0 Å². The molecule has 0 aromatic carbocycles. The lowest BCUT2D eigenvalue weighted by atomic mass is 10.1. The van der Waals surface area contributed by atoms with Crippen LogP contribution in [0.25, 0.3) is 0 Å². The largest absolute Gasteiger partial charge is 0.394 e. The lowest BCUT2D eigenvalue weighted by molar-refractivity contribution is -0.0550.